The number of hydrogen-bond acceptors (Lipinski definition) is 3. The molecule has 1 amide bonds. The summed E-state index contributed by atoms with van der Waals surface area (Å²) >= 11 is 1.59. The third-order valence-electron chi connectivity index (χ3n) is 4.36. The van der Waals surface area contributed by atoms with Gasteiger partial charge in [0, 0.05) is 11.3 Å². The van der Waals surface area contributed by atoms with Gasteiger partial charge in [-0.25, -0.2) is 0 Å². The summed E-state index contributed by atoms with van der Waals surface area (Å²) in [6, 6.07) is 12.3. The Morgan fingerprint density at radius 1 is 1.39 bits per heavy atom. The van der Waals surface area contributed by atoms with Gasteiger partial charge in [0.05, 0.1) is 5.56 Å². The van der Waals surface area contributed by atoms with Crippen LogP contribution in [-0.4, -0.2) is 5.91 Å². The summed E-state index contributed by atoms with van der Waals surface area (Å²) in [6.45, 7) is 2.24. The minimum Gasteiger partial charge on any atom is -0.317 e. The van der Waals surface area contributed by atoms with Crippen LogP contribution in [0.15, 0.2) is 30.3 Å². The standard InChI is InChI=1S/C19H20N2OS/c1-13-7-9-15-16(12-20)19(23-17(15)11-13)21-18(22)10-8-14-5-3-2-4-6-14/h2-6,13H,7-11H2,1H3,(H,21,22). The number of nitrogens with zero attached hydrogens (tertiary/aromatic N) is 1. The average Bonchev–Trinajstić information content (AvgIpc) is 2.89. The van der Waals surface area contributed by atoms with Gasteiger partial charge in [-0.1, -0.05) is 37.3 Å². The van der Waals surface area contributed by atoms with E-state index in [0.717, 1.165) is 41.8 Å². The summed E-state index contributed by atoms with van der Waals surface area (Å²) < 4.78 is 0. The van der Waals surface area contributed by atoms with Crippen molar-refractivity contribution in [2.75, 3.05) is 5.32 Å². The van der Waals surface area contributed by atoms with E-state index in [1.54, 1.807) is 11.3 Å². The number of nitriles is 1. The van der Waals surface area contributed by atoms with Crippen molar-refractivity contribution in [3.8, 4) is 6.07 Å². The van der Waals surface area contributed by atoms with Crippen LogP contribution in [0.4, 0.5) is 5.00 Å². The molecule has 2 aromatic rings. The Labute approximate surface area is 141 Å². The summed E-state index contributed by atoms with van der Waals surface area (Å²) in [5.41, 5.74) is 3.00. The Hall–Kier alpha value is -2.12. The number of carbonyl (C=O) groups is 1. The first-order valence-corrected chi connectivity index (χ1v) is 8.87. The third kappa shape index (κ3) is 3.62. The van der Waals surface area contributed by atoms with Crippen molar-refractivity contribution in [2.45, 2.75) is 39.0 Å². The molecule has 0 saturated heterocycles. The fourth-order valence-corrected chi connectivity index (χ4v) is 4.43. The van der Waals surface area contributed by atoms with Crippen LogP contribution < -0.4 is 5.32 Å². The molecule has 4 heteroatoms. The van der Waals surface area contributed by atoms with E-state index in [2.05, 4.69) is 18.3 Å². The van der Waals surface area contributed by atoms with Crippen LogP contribution in [-0.2, 0) is 24.1 Å². The molecule has 1 atom stereocenters. The normalized spacial score (nSPS) is 16.4. The topological polar surface area (TPSA) is 52.9 Å². The lowest BCUT2D eigenvalue weighted by atomic mass is 9.88. The lowest BCUT2D eigenvalue weighted by molar-refractivity contribution is -0.116. The Balaban J connectivity index is 1.68. The van der Waals surface area contributed by atoms with Crippen molar-refractivity contribution in [3.05, 3.63) is 51.9 Å². The van der Waals surface area contributed by atoms with Crippen LogP contribution in [0.1, 0.15) is 41.3 Å². The lowest BCUT2D eigenvalue weighted by Gasteiger charge is -2.17. The summed E-state index contributed by atoms with van der Waals surface area (Å²) in [6.07, 6.45) is 4.26. The second kappa shape index (κ2) is 6.97. The first-order chi connectivity index (χ1) is 11.2. The number of fused-ring (bicyclic) bond motifs is 1. The number of nitrogens with one attached hydrogen (secondary N) is 1. The van der Waals surface area contributed by atoms with Crippen molar-refractivity contribution in [2.24, 2.45) is 5.92 Å². The molecule has 0 bridgehead atoms. The van der Waals surface area contributed by atoms with Gasteiger partial charge in [-0.3, -0.25) is 4.79 Å². The zero-order valence-corrected chi connectivity index (χ0v) is 14.1. The van der Waals surface area contributed by atoms with E-state index in [1.165, 1.54) is 4.88 Å². The second-order valence-electron chi connectivity index (χ2n) is 6.20. The van der Waals surface area contributed by atoms with Crippen LogP contribution in [0.5, 0.6) is 0 Å². The van der Waals surface area contributed by atoms with Crippen LogP contribution in [0.3, 0.4) is 0 Å². The predicted octanol–water partition coefficient (Wildman–Crippen LogP) is 4.32. The molecule has 1 aliphatic carbocycles. The largest absolute Gasteiger partial charge is 0.317 e. The summed E-state index contributed by atoms with van der Waals surface area (Å²) in [4.78, 5) is 13.5. The molecule has 0 aliphatic heterocycles. The van der Waals surface area contributed by atoms with E-state index in [-0.39, 0.29) is 5.91 Å². The van der Waals surface area contributed by atoms with E-state index >= 15 is 0 Å². The molecule has 0 saturated carbocycles. The van der Waals surface area contributed by atoms with Gasteiger partial charge in [-0.2, -0.15) is 5.26 Å². The maximum atomic E-state index is 12.2. The molecule has 0 radical (unpaired) electrons. The highest BCUT2D eigenvalue weighted by molar-refractivity contribution is 7.16. The maximum absolute atomic E-state index is 12.2. The molecule has 1 unspecified atom stereocenters. The first-order valence-electron chi connectivity index (χ1n) is 8.05. The Morgan fingerprint density at radius 2 is 2.17 bits per heavy atom. The molecule has 1 aromatic carbocycles. The molecular formula is C19H20N2OS. The quantitative estimate of drug-likeness (QED) is 0.911. The smallest absolute Gasteiger partial charge is 0.225 e. The van der Waals surface area contributed by atoms with Gasteiger partial charge in [-0.05, 0) is 42.7 Å². The number of benzene rings is 1. The Kier molecular flexibility index (Phi) is 4.78. The van der Waals surface area contributed by atoms with E-state index in [9.17, 15) is 10.1 Å². The number of aryl methyl sites for hydroxylation is 1. The number of thiophene rings is 1. The highest BCUT2D eigenvalue weighted by Crippen LogP contribution is 2.39. The van der Waals surface area contributed by atoms with Crippen molar-refractivity contribution >= 4 is 22.2 Å². The number of anilines is 1. The van der Waals surface area contributed by atoms with Gasteiger partial charge in [0.2, 0.25) is 5.91 Å². The van der Waals surface area contributed by atoms with E-state index < -0.39 is 0 Å². The van der Waals surface area contributed by atoms with Crippen LogP contribution >= 0.6 is 11.3 Å². The van der Waals surface area contributed by atoms with Gasteiger partial charge in [0.15, 0.2) is 0 Å². The van der Waals surface area contributed by atoms with Crippen molar-refractivity contribution in [1.29, 1.82) is 5.26 Å². The molecule has 1 aromatic heterocycles. The number of rotatable bonds is 4. The summed E-state index contributed by atoms with van der Waals surface area (Å²) in [5.74, 6) is 0.645. The molecular weight excluding hydrogens is 304 g/mol. The fourth-order valence-electron chi connectivity index (χ4n) is 3.05. The summed E-state index contributed by atoms with van der Waals surface area (Å²) in [5, 5.41) is 13.2. The van der Waals surface area contributed by atoms with Crippen LogP contribution in [0.2, 0.25) is 0 Å². The van der Waals surface area contributed by atoms with Gasteiger partial charge in [-0.15, -0.1) is 11.3 Å². The van der Waals surface area contributed by atoms with Crippen molar-refractivity contribution in [1.82, 2.24) is 0 Å². The summed E-state index contributed by atoms with van der Waals surface area (Å²) in [7, 11) is 0. The number of hydrogen-bond donors (Lipinski definition) is 1. The van der Waals surface area contributed by atoms with Crippen molar-refractivity contribution < 1.29 is 4.79 Å². The zero-order chi connectivity index (χ0) is 16.2. The SMILES string of the molecule is CC1CCc2c(sc(NC(=O)CCc3ccccc3)c2C#N)C1. The number of amides is 1. The van der Waals surface area contributed by atoms with Crippen molar-refractivity contribution in [3.63, 3.8) is 0 Å². The van der Waals surface area contributed by atoms with E-state index in [1.807, 2.05) is 30.3 Å². The third-order valence-corrected chi connectivity index (χ3v) is 5.53. The molecule has 1 aliphatic rings. The Morgan fingerprint density at radius 3 is 2.91 bits per heavy atom. The fraction of sp³-hybridized carbons (Fsp3) is 0.368. The van der Waals surface area contributed by atoms with Gasteiger partial charge in [0.1, 0.15) is 11.1 Å². The predicted molar refractivity (Wildman–Crippen MR) is 93.6 cm³/mol. The van der Waals surface area contributed by atoms with Gasteiger partial charge in [0.25, 0.3) is 0 Å². The molecule has 1 N–H and O–H groups in total. The molecule has 3 rings (SSSR count). The molecule has 3 nitrogen and oxygen atoms in total. The van der Waals surface area contributed by atoms with E-state index in [4.69, 9.17) is 0 Å². The van der Waals surface area contributed by atoms with Crippen LogP contribution in [0, 0.1) is 17.2 Å². The lowest BCUT2D eigenvalue weighted by Crippen LogP contribution is -2.12. The monoisotopic (exact) mass is 324 g/mol. The molecule has 0 fully saturated rings. The highest BCUT2D eigenvalue weighted by atomic mass is 32.1. The minimum atomic E-state index is -0.0167. The first kappa shape index (κ1) is 15.8. The number of carbonyl (C=O) groups excluding carboxylic acids is 1. The Bertz CT molecular complexity index is 743. The average molecular weight is 324 g/mol. The van der Waals surface area contributed by atoms with E-state index in [0.29, 0.717) is 17.9 Å². The zero-order valence-electron chi connectivity index (χ0n) is 13.3. The molecule has 0 spiro atoms. The van der Waals surface area contributed by atoms with Crippen LogP contribution in [0.25, 0.3) is 0 Å². The molecule has 118 valence electrons. The molecule has 23 heavy (non-hydrogen) atoms. The minimum absolute atomic E-state index is 0.0167. The maximum Gasteiger partial charge on any atom is 0.225 e. The molecule has 1 heterocycles. The van der Waals surface area contributed by atoms with Gasteiger partial charge >= 0.3 is 0 Å². The second-order valence-corrected chi connectivity index (χ2v) is 7.31. The highest BCUT2D eigenvalue weighted by Gasteiger charge is 2.24. The van der Waals surface area contributed by atoms with Gasteiger partial charge < -0.3 is 5.32 Å².